The minimum absolute atomic E-state index is 0.00861. The van der Waals surface area contributed by atoms with E-state index in [4.69, 9.17) is 19.3 Å². The molecular formula is C13H19NO6. The molecule has 20 heavy (non-hydrogen) atoms. The summed E-state index contributed by atoms with van der Waals surface area (Å²) in [6.07, 6.45) is -0.995. The van der Waals surface area contributed by atoms with E-state index in [1.54, 1.807) is 18.2 Å². The molecule has 0 aromatic heterocycles. The Labute approximate surface area is 117 Å². The molecule has 1 amide bonds. The summed E-state index contributed by atoms with van der Waals surface area (Å²) in [6, 6.07) is 4.98. The van der Waals surface area contributed by atoms with Crippen molar-refractivity contribution in [1.82, 2.24) is 5.32 Å². The van der Waals surface area contributed by atoms with Gasteiger partial charge in [0.25, 0.3) is 0 Å². The van der Waals surface area contributed by atoms with Crippen LogP contribution in [-0.4, -0.2) is 36.4 Å². The molecule has 0 radical (unpaired) electrons. The van der Waals surface area contributed by atoms with Gasteiger partial charge >= 0.3 is 12.1 Å². The second-order valence-corrected chi connectivity index (χ2v) is 4.33. The molecule has 1 aliphatic heterocycles. The summed E-state index contributed by atoms with van der Waals surface area (Å²) in [7, 11) is 2.87. The van der Waals surface area contributed by atoms with Gasteiger partial charge in [0.2, 0.25) is 5.75 Å². The summed E-state index contributed by atoms with van der Waals surface area (Å²) >= 11 is 0. The number of carboxylic acid groups (broad SMARTS) is 1. The summed E-state index contributed by atoms with van der Waals surface area (Å²) < 4.78 is 16.4. The number of hydrogen-bond donors (Lipinski definition) is 3. The highest BCUT2D eigenvalue weighted by atomic mass is 16.9. The van der Waals surface area contributed by atoms with Gasteiger partial charge in [-0.05, 0) is 12.1 Å². The number of aromatic hydroxyl groups is 1. The maximum Gasteiger partial charge on any atom is 0.404 e. The fourth-order valence-corrected chi connectivity index (χ4v) is 1.56. The van der Waals surface area contributed by atoms with Gasteiger partial charge in [0.1, 0.15) is 0 Å². The number of benzene rings is 1. The SMILES string of the molecule is CNC(=O)O.COC1(C(C)C)Oc2cccc(O)c2O1. The maximum atomic E-state index is 9.58. The van der Waals surface area contributed by atoms with Crippen molar-refractivity contribution < 1.29 is 29.2 Å². The molecule has 0 saturated carbocycles. The third-order valence-electron chi connectivity index (χ3n) is 2.66. The number of para-hydroxylation sites is 1. The number of amides is 1. The molecule has 1 atom stereocenters. The van der Waals surface area contributed by atoms with Crippen molar-refractivity contribution in [3.05, 3.63) is 18.2 Å². The van der Waals surface area contributed by atoms with Crippen LogP contribution in [0, 0.1) is 5.92 Å². The van der Waals surface area contributed by atoms with Gasteiger partial charge < -0.3 is 29.7 Å². The first-order valence-electron chi connectivity index (χ1n) is 6.02. The van der Waals surface area contributed by atoms with Crippen LogP contribution in [0.15, 0.2) is 18.2 Å². The quantitative estimate of drug-likeness (QED) is 0.769. The van der Waals surface area contributed by atoms with Crippen LogP contribution in [0.1, 0.15) is 13.8 Å². The van der Waals surface area contributed by atoms with Crippen molar-refractivity contribution in [2.24, 2.45) is 5.92 Å². The van der Waals surface area contributed by atoms with Crippen LogP contribution in [0.5, 0.6) is 17.2 Å². The monoisotopic (exact) mass is 285 g/mol. The lowest BCUT2D eigenvalue weighted by Crippen LogP contribution is -2.45. The van der Waals surface area contributed by atoms with E-state index >= 15 is 0 Å². The molecule has 0 fully saturated rings. The van der Waals surface area contributed by atoms with Crippen LogP contribution in [0.3, 0.4) is 0 Å². The standard InChI is InChI=1S/C11H14O4.C2H5NO2/c1-7(2)11(13-3)14-9-6-4-5-8(12)10(9)15-11;1-3-2(4)5/h4-7,12H,1-3H3;3H,1H3,(H,4,5). The second-order valence-electron chi connectivity index (χ2n) is 4.33. The van der Waals surface area contributed by atoms with Gasteiger partial charge in [-0.3, -0.25) is 0 Å². The van der Waals surface area contributed by atoms with Crippen LogP contribution in [0.25, 0.3) is 0 Å². The van der Waals surface area contributed by atoms with Gasteiger partial charge in [-0.2, -0.15) is 0 Å². The van der Waals surface area contributed by atoms with Gasteiger partial charge in [0.05, 0.1) is 5.92 Å². The van der Waals surface area contributed by atoms with E-state index in [1.807, 2.05) is 19.2 Å². The Morgan fingerprint density at radius 2 is 2.00 bits per heavy atom. The van der Waals surface area contributed by atoms with Crippen molar-refractivity contribution in [3.8, 4) is 17.2 Å². The van der Waals surface area contributed by atoms with Crippen molar-refractivity contribution in [2.75, 3.05) is 14.2 Å². The second kappa shape index (κ2) is 6.33. The minimum Gasteiger partial charge on any atom is -0.504 e. The van der Waals surface area contributed by atoms with Crippen LogP contribution >= 0.6 is 0 Å². The lowest BCUT2D eigenvalue weighted by atomic mass is 10.2. The summed E-state index contributed by atoms with van der Waals surface area (Å²) in [5, 5.41) is 19.1. The molecular weight excluding hydrogens is 266 g/mol. The number of ether oxygens (including phenoxy) is 3. The van der Waals surface area contributed by atoms with Crippen molar-refractivity contribution in [3.63, 3.8) is 0 Å². The van der Waals surface area contributed by atoms with Crippen molar-refractivity contribution >= 4 is 6.09 Å². The molecule has 1 aromatic rings. The Bertz CT molecular complexity index is 476. The molecule has 0 spiro atoms. The highest BCUT2D eigenvalue weighted by Gasteiger charge is 2.46. The van der Waals surface area contributed by atoms with Gasteiger partial charge in [0.15, 0.2) is 11.5 Å². The van der Waals surface area contributed by atoms with E-state index < -0.39 is 12.1 Å². The fourth-order valence-electron chi connectivity index (χ4n) is 1.56. The predicted octanol–water partition coefficient (Wildman–Crippen LogP) is 2.00. The zero-order valence-corrected chi connectivity index (χ0v) is 11.8. The van der Waals surface area contributed by atoms with Crippen LogP contribution in [0.2, 0.25) is 0 Å². The van der Waals surface area contributed by atoms with E-state index in [0.717, 1.165) is 0 Å². The normalized spacial score (nSPS) is 19.2. The molecule has 0 saturated heterocycles. The summed E-state index contributed by atoms with van der Waals surface area (Å²) in [5.74, 6) is -0.207. The Balaban J connectivity index is 0.000000347. The largest absolute Gasteiger partial charge is 0.504 e. The van der Waals surface area contributed by atoms with Crippen LogP contribution in [-0.2, 0) is 4.74 Å². The maximum absolute atomic E-state index is 9.58. The molecule has 1 aromatic carbocycles. The topological polar surface area (TPSA) is 97.3 Å². The number of fused-ring (bicyclic) bond motifs is 1. The minimum atomic E-state index is -1.12. The smallest absolute Gasteiger partial charge is 0.404 e. The molecule has 3 N–H and O–H groups in total. The Kier molecular flexibility index (Phi) is 5.04. The van der Waals surface area contributed by atoms with Gasteiger partial charge in [-0.1, -0.05) is 19.9 Å². The van der Waals surface area contributed by atoms with Gasteiger partial charge in [-0.25, -0.2) is 4.79 Å². The van der Waals surface area contributed by atoms with Crippen molar-refractivity contribution in [2.45, 2.75) is 19.8 Å². The molecule has 112 valence electrons. The van der Waals surface area contributed by atoms with Gasteiger partial charge in [-0.15, -0.1) is 0 Å². The molecule has 0 bridgehead atoms. The van der Waals surface area contributed by atoms with Crippen molar-refractivity contribution in [1.29, 1.82) is 0 Å². The van der Waals surface area contributed by atoms with Gasteiger partial charge in [0, 0.05) is 14.2 Å². The van der Waals surface area contributed by atoms with E-state index in [1.165, 1.54) is 14.2 Å². The zero-order valence-electron chi connectivity index (χ0n) is 11.8. The zero-order chi connectivity index (χ0) is 15.3. The highest BCUT2D eigenvalue weighted by molar-refractivity contribution is 5.63. The number of carbonyl (C=O) groups is 1. The molecule has 7 heteroatoms. The molecule has 7 nitrogen and oxygen atoms in total. The van der Waals surface area contributed by atoms with E-state index in [2.05, 4.69) is 0 Å². The number of phenols is 1. The first kappa shape index (κ1) is 15.9. The third-order valence-corrected chi connectivity index (χ3v) is 2.66. The number of phenolic OH excluding ortho intramolecular Hbond substituents is 1. The molecule has 2 rings (SSSR count). The first-order chi connectivity index (χ1) is 9.36. The average Bonchev–Trinajstić information content (AvgIpc) is 2.81. The first-order valence-corrected chi connectivity index (χ1v) is 6.02. The van der Waals surface area contributed by atoms with E-state index in [0.29, 0.717) is 11.5 Å². The highest BCUT2D eigenvalue weighted by Crippen LogP contribution is 2.47. The Morgan fingerprint density at radius 3 is 2.40 bits per heavy atom. The number of nitrogens with one attached hydrogen (secondary N) is 1. The number of hydrogen-bond acceptors (Lipinski definition) is 5. The summed E-state index contributed by atoms with van der Waals surface area (Å²) in [6.45, 7) is 3.85. The molecule has 0 aliphatic carbocycles. The molecule has 1 aliphatic rings. The Hall–Kier alpha value is -2.15. The van der Waals surface area contributed by atoms with E-state index in [9.17, 15) is 9.90 Å². The van der Waals surface area contributed by atoms with E-state index in [-0.39, 0.29) is 11.7 Å². The fraction of sp³-hybridized carbons (Fsp3) is 0.462. The number of rotatable bonds is 2. The lowest BCUT2D eigenvalue weighted by Gasteiger charge is -2.28. The summed E-state index contributed by atoms with van der Waals surface area (Å²) in [5.41, 5.74) is 0. The predicted molar refractivity (Wildman–Crippen MR) is 71.0 cm³/mol. The lowest BCUT2D eigenvalue weighted by molar-refractivity contribution is -0.294. The molecule has 1 heterocycles. The number of methoxy groups -OCH3 is 1. The summed E-state index contributed by atoms with van der Waals surface area (Å²) in [4.78, 5) is 9.26. The molecule has 1 unspecified atom stereocenters. The van der Waals surface area contributed by atoms with Crippen LogP contribution in [0.4, 0.5) is 4.79 Å². The van der Waals surface area contributed by atoms with Crippen LogP contribution < -0.4 is 14.8 Å². The third kappa shape index (κ3) is 3.24. The average molecular weight is 285 g/mol. The Morgan fingerprint density at radius 1 is 1.40 bits per heavy atom.